The molecule has 4 nitrogen and oxygen atoms in total. The third-order valence-electron chi connectivity index (χ3n) is 2.96. The standard InChI is InChI=1S/C15H19N3OS/c1-11-4-3-5-12(8-11)6-7-14(19)17-9-13-10-20-15(16-2)18-13/h3-5,8,10H,6-7,9H2,1-2H3,(H,16,18)(H,17,19). The van der Waals surface area contributed by atoms with Crippen LogP contribution in [0.2, 0.25) is 0 Å². The second kappa shape index (κ2) is 7.05. The number of carbonyl (C=O) groups excluding carboxylic acids is 1. The smallest absolute Gasteiger partial charge is 0.220 e. The molecule has 0 spiro atoms. The van der Waals surface area contributed by atoms with Crippen molar-refractivity contribution in [2.75, 3.05) is 12.4 Å². The molecule has 5 heteroatoms. The van der Waals surface area contributed by atoms with Crippen molar-refractivity contribution in [1.29, 1.82) is 0 Å². The molecule has 0 saturated carbocycles. The number of aromatic nitrogens is 1. The van der Waals surface area contributed by atoms with Gasteiger partial charge in [0.2, 0.25) is 5.91 Å². The quantitative estimate of drug-likeness (QED) is 0.859. The largest absolute Gasteiger partial charge is 0.365 e. The van der Waals surface area contributed by atoms with Gasteiger partial charge >= 0.3 is 0 Å². The van der Waals surface area contributed by atoms with E-state index in [1.54, 1.807) is 0 Å². The van der Waals surface area contributed by atoms with Gasteiger partial charge in [0.25, 0.3) is 0 Å². The second-order valence-corrected chi connectivity index (χ2v) is 5.52. The minimum atomic E-state index is 0.0607. The van der Waals surface area contributed by atoms with E-state index in [9.17, 15) is 4.79 Å². The molecule has 0 atom stereocenters. The highest BCUT2D eigenvalue weighted by molar-refractivity contribution is 7.13. The average molecular weight is 289 g/mol. The molecule has 1 heterocycles. The van der Waals surface area contributed by atoms with Gasteiger partial charge in [-0.05, 0) is 18.9 Å². The van der Waals surface area contributed by atoms with Gasteiger partial charge in [0, 0.05) is 18.8 Å². The topological polar surface area (TPSA) is 54.0 Å². The highest BCUT2D eigenvalue weighted by Gasteiger charge is 2.05. The molecule has 106 valence electrons. The van der Waals surface area contributed by atoms with E-state index in [0.29, 0.717) is 13.0 Å². The first-order valence-corrected chi connectivity index (χ1v) is 7.50. The van der Waals surface area contributed by atoms with Crippen molar-refractivity contribution < 1.29 is 4.79 Å². The first kappa shape index (κ1) is 14.5. The number of amides is 1. The maximum atomic E-state index is 11.8. The van der Waals surface area contributed by atoms with Gasteiger partial charge in [-0.1, -0.05) is 29.8 Å². The summed E-state index contributed by atoms with van der Waals surface area (Å²) in [6.07, 6.45) is 1.28. The van der Waals surface area contributed by atoms with Crippen molar-refractivity contribution in [3.63, 3.8) is 0 Å². The van der Waals surface area contributed by atoms with Gasteiger partial charge < -0.3 is 10.6 Å². The Balaban J connectivity index is 1.75. The maximum Gasteiger partial charge on any atom is 0.220 e. The van der Waals surface area contributed by atoms with E-state index in [1.165, 1.54) is 22.5 Å². The summed E-state index contributed by atoms with van der Waals surface area (Å²) in [4.78, 5) is 16.1. The lowest BCUT2D eigenvalue weighted by Gasteiger charge is -2.04. The number of nitrogens with zero attached hydrogens (tertiary/aromatic N) is 1. The Kier molecular flexibility index (Phi) is 5.12. The predicted molar refractivity (Wildman–Crippen MR) is 83.0 cm³/mol. The first-order valence-electron chi connectivity index (χ1n) is 6.62. The van der Waals surface area contributed by atoms with Crippen LogP contribution in [0.15, 0.2) is 29.6 Å². The van der Waals surface area contributed by atoms with Gasteiger partial charge in [0.1, 0.15) is 0 Å². The Hall–Kier alpha value is -1.88. The average Bonchev–Trinajstić information content (AvgIpc) is 2.91. The summed E-state index contributed by atoms with van der Waals surface area (Å²) in [5, 5.41) is 8.70. The van der Waals surface area contributed by atoms with E-state index < -0.39 is 0 Å². The van der Waals surface area contributed by atoms with Gasteiger partial charge in [0.15, 0.2) is 5.13 Å². The van der Waals surface area contributed by atoms with Gasteiger partial charge in [-0.3, -0.25) is 4.79 Å². The summed E-state index contributed by atoms with van der Waals surface area (Å²) < 4.78 is 0. The normalized spacial score (nSPS) is 10.3. The molecule has 0 aliphatic carbocycles. The molecule has 0 unspecified atom stereocenters. The number of nitrogens with one attached hydrogen (secondary N) is 2. The number of benzene rings is 1. The molecule has 2 rings (SSSR count). The zero-order valence-corrected chi connectivity index (χ0v) is 12.6. The van der Waals surface area contributed by atoms with Crippen LogP contribution in [0.4, 0.5) is 5.13 Å². The number of hydrogen-bond donors (Lipinski definition) is 2. The Morgan fingerprint density at radius 3 is 2.95 bits per heavy atom. The summed E-state index contributed by atoms with van der Waals surface area (Å²) in [6, 6.07) is 8.26. The summed E-state index contributed by atoms with van der Waals surface area (Å²) in [5.41, 5.74) is 3.32. The van der Waals surface area contributed by atoms with Crippen LogP contribution in [-0.2, 0) is 17.8 Å². The lowest BCUT2D eigenvalue weighted by Crippen LogP contribution is -2.23. The number of hydrogen-bond acceptors (Lipinski definition) is 4. The van der Waals surface area contributed by atoms with Crippen LogP contribution in [-0.4, -0.2) is 17.9 Å². The number of carbonyl (C=O) groups is 1. The SMILES string of the molecule is CNc1nc(CNC(=O)CCc2cccc(C)c2)cs1. The number of aryl methyl sites for hydroxylation is 2. The van der Waals surface area contributed by atoms with Gasteiger partial charge in [0.05, 0.1) is 12.2 Å². The van der Waals surface area contributed by atoms with Crippen molar-refractivity contribution in [3.8, 4) is 0 Å². The highest BCUT2D eigenvalue weighted by Crippen LogP contribution is 2.14. The summed E-state index contributed by atoms with van der Waals surface area (Å²) in [6.45, 7) is 2.55. The summed E-state index contributed by atoms with van der Waals surface area (Å²) in [7, 11) is 1.84. The monoisotopic (exact) mass is 289 g/mol. The maximum absolute atomic E-state index is 11.8. The zero-order chi connectivity index (χ0) is 14.4. The summed E-state index contributed by atoms with van der Waals surface area (Å²) in [5.74, 6) is 0.0607. The molecule has 0 bridgehead atoms. The first-order chi connectivity index (χ1) is 9.67. The van der Waals surface area contributed by atoms with E-state index in [1.807, 2.05) is 18.5 Å². The fraction of sp³-hybridized carbons (Fsp3) is 0.333. The van der Waals surface area contributed by atoms with Gasteiger partial charge in [-0.15, -0.1) is 11.3 Å². The predicted octanol–water partition coefficient (Wildman–Crippen LogP) is 2.74. The molecule has 20 heavy (non-hydrogen) atoms. The molecule has 0 aliphatic heterocycles. The number of anilines is 1. The van der Waals surface area contributed by atoms with Crippen LogP contribution < -0.4 is 10.6 Å². The lowest BCUT2D eigenvalue weighted by molar-refractivity contribution is -0.121. The van der Waals surface area contributed by atoms with Crippen LogP contribution in [0.3, 0.4) is 0 Å². The van der Waals surface area contributed by atoms with Gasteiger partial charge in [-0.25, -0.2) is 4.98 Å². The van der Waals surface area contributed by atoms with E-state index >= 15 is 0 Å². The van der Waals surface area contributed by atoms with Crippen LogP contribution >= 0.6 is 11.3 Å². The molecule has 1 amide bonds. The molecule has 1 aromatic carbocycles. The third-order valence-corrected chi connectivity index (χ3v) is 3.86. The molecule has 1 aromatic heterocycles. The van der Waals surface area contributed by atoms with Crippen LogP contribution in [0.1, 0.15) is 23.2 Å². The molecule has 0 saturated heterocycles. The van der Waals surface area contributed by atoms with Crippen molar-refractivity contribution in [3.05, 3.63) is 46.5 Å². The molecule has 0 aliphatic rings. The summed E-state index contributed by atoms with van der Waals surface area (Å²) >= 11 is 1.54. The zero-order valence-electron chi connectivity index (χ0n) is 11.8. The van der Waals surface area contributed by atoms with Crippen molar-refractivity contribution in [2.24, 2.45) is 0 Å². The Morgan fingerprint density at radius 2 is 2.25 bits per heavy atom. The second-order valence-electron chi connectivity index (χ2n) is 4.66. The van der Waals surface area contributed by atoms with E-state index in [0.717, 1.165) is 17.2 Å². The van der Waals surface area contributed by atoms with E-state index in [-0.39, 0.29) is 5.91 Å². The number of rotatable bonds is 6. The Labute approximate surface area is 123 Å². The van der Waals surface area contributed by atoms with Crippen LogP contribution in [0, 0.1) is 6.92 Å². The molecule has 2 aromatic rings. The van der Waals surface area contributed by atoms with Crippen LogP contribution in [0.5, 0.6) is 0 Å². The lowest BCUT2D eigenvalue weighted by atomic mass is 10.1. The third kappa shape index (κ3) is 4.35. The van der Waals surface area contributed by atoms with E-state index in [2.05, 4.69) is 40.7 Å². The van der Waals surface area contributed by atoms with Crippen LogP contribution in [0.25, 0.3) is 0 Å². The molecule has 2 N–H and O–H groups in total. The minimum Gasteiger partial charge on any atom is -0.365 e. The van der Waals surface area contributed by atoms with Crippen molar-refractivity contribution in [2.45, 2.75) is 26.3 Å². The molecule has 0 fully saturated rings. The molecular weight excluding hydrogens is 270 g/mol. The molecule has 0 radical (unpaired) electrons. The van der Waals surface area contributed by atoms with Crippen molar-refractivity contribution in [1.82, 2.24) is 10.3 Å². The Bertz CT molecular complexity index is 580. The van der Waals surface area contributed by atoms with E-state index in [4.69, 9.17) is 0 Å². The highest BCUT2D eigenvalue weighted by atomic mass is 32.1. The number of thiazole rings is 1. The fourth-order valence-electron chi connectivity index (χ4n) is 1.91. The Morgan fingerprint density at radius 1 is 1.40 bits per heavy atom. The molecular formula is C15H19N3OS. The minimum absolute atomic E-state index is 0.0607. The van der Waals surface area contributed by atoms with Crippen molar-refractivity contribution >= 4 is 22.4 Å². The fourth-order valence-corrected chi connectivity index (χ4v) is 2.58. The van der Waals surface area contributed by atoms with Gasteiger partial charge in [-0.2, -0.15) is 0 Å².